The number of pyridine rings is 1. The van der Waals surface area contributed by atoms with E-state index in [1.807, 2.05) is 41.1 Å². The Kier molecular flexibility index (Phi) is 4.59. The summed E-state index contributed by atoms with van der Waals surface area (Å²) < 4.78 is 8.28. The Labute approximate surface area is 154 Å². The Balaban J connectivity index is 1.42. The number of carbonyl (C=O) groups is 1. The van der Waals surface area contributed by atoms with Gasteiger partial charge in [0, 0.05) is 23.4 Å². The number of likely N-dealkylation sites (tertiary alicyclic amines) is 1. The van der Waals surface area contributed by atoms with Crippen molar-refractivity contribution in [3.05, 3.63) is 58.8 Å². The highest BCUT2D eigenvalue weighted by molar-refractivity contribution is 9.10. The SMILES string of the molecule is O=C(NCc1ccco1)C1CCCN1Cc1cn2cc(Br)ccc2n1. The van der Waals surface area contributed by atoms with Crippen molar-refractivity contribution < 1.29 is 9.21 Å². The summed E-state index contributed by atoms with van der Waals surface area (Å²) in [5.41, 5.74) is 1.89. The van der Waals surface area contributed by atoms with Gasteiger partial charge in [-0.2, -0.15) is 0 Å². The van der Waals surface area contributed by atoms with Gasteiger partial charge in [-0.25, -0.2) is 4.98 Å². The van der Waals surface area contributed by atoms with Crippen LogP contribution in [0.5, 0.6) is 0 Å². The van der Waals surface area contributed by atoms with Crippen LogP contribution in [0.4, 0.5) is 0 Å². The molecule has 1 aliphatic rings. The van der Waals surface area contributed by atoms with Crippen molar-refractivity contribution >= 4 is 27.5 Å². The number of aromatic nitrogens is 2. The lowest BCUT2D eigenvalue weighted by molar-refractivity contribution is -0.125. The zero-order valence-electron chi connectivity index (χ0n) is 13.7. The van der Waals surface area contributed by atoms with Crippen LogP contribution in [0.2, 0.25) is 0 Å². The first-order chi connectivity index (χ1) is 12.2. The Morgan fingerprint density at radius 2 is 2.28 bits per heavy atom. The predicted molar refractivity (Wildman–Crippen MR) is 96.9 cm³/mol. The molecule has 1 unspecified atom stereocenters. The van der Waals surface area contributed by atoms with E-state index in [-0.39, 0.29) is 11.9 Å². The molecular formula is C18H19BrN4O2. The molecule has 0 bridgehead atoms. The molecule has 0 aliphatic carbocycles. The number of carbonyl (C=O) groups excluding carboxylic acids is 1. The molecule has 1 N–H and O–H groups in total. The minimum atomic E-state index is -0.105. The number of nitrogens with zero attached hydrogens (tertiary/aromatic N) is 3. The van der Waals surface area contributed by atoms with Gasteiger partial charge < -0.3 is 14.1 Å². The summed E-state index contributed by atoms with van der Waals surface area (Å²) in [4.78, 5) is 19.4. The van der Waals surface area contributed by atoms with E-state index in [1.54, 1.807) is 6.26 Å². The number of imidazole rings is 1. The van der Waals surface area contributed by atoms with E-state index in [4.69, 9.17) is 4.42 Å². The van der Waals surface area contributed by atoms with E-state index in [1.165, 1.54) is 0 Å². The number of fused-ring (bicyclic) bond motifs is 1. The van der Waals surface area contributed by atoms with Gasteiger partial charge in [0.2, 0.25) is 5.91 Å². The van der Waals surface area contributed by atoms with Crippen LogP contribution in [0, 0.1) is 0 Å². The van der Waals surface area contributed by atoms with Gasteiger partial charge in [-0.05, 0) is 59.6 Å². The Morgan fingerprint density at radius 1 is 1.36 bits per heavy atom. The molecule has 1 saturated heterocycles. The van der Waals surface area contributed by atoms with Crippen LogP contribution in [0.15, 0.2) is 51.8 Å². The molecular weight excluding hydrogens is 384 g/mol. The highest BCUT2D eigenvalue weighted by Gasteiger charge is 2.31. The summed E-state index contributed by atoms with van der Waals surface area (Å²) >= 11 is 3.47. The Morgan fingerprint density at radius 3 is 3.12 bits per heavy atom. The van der Waals surface area contributed by atoms with Crippen molar-refractivity contribution in [2.45, 2.75) is 32.0 Å². The summed E-state index contributed by atoms with van der Waals surface area (Å²) in [5.74, 6) is 0.823. The van der Waals surface area contributed by atoms with Gasteiger partial charge in [-0.15, -0.1) is 0 Å². The molecule has 130 valence electrons. The Bertz CT molecular complexity index is 874. The zero-order valence-corrected chi connectivity index (χ0v) is 15.3. The molecule has 0 radical (unpaired) electrons. The quantitative estimate of drug-likeness (QED) is 0.712. The molecule has 3 aromatic heterocycles. The van der Waals surface area contributed by atoms with Gasteiger partial charge >= 0.3 is 0 Å². The fraction of sp³-hybridized carbons (Fsp3) is 0.333. The molecule has 3 aromatic rings. The van der Waals surface area contributed by atoms with Crippen molar-refractivity contribution in [3.8, 4) is 0 Å². The largest absolute Gasteiger partial charge is 0.467 e. The number of amides is 1. The maximum Gasteiger partial charge on any atom is 0.237 e. The first-order valence-corrected chi connectivity index (χ1v) is 9.15. The predicted octanol–water partition coefficient (Wildman–Crippen LogP) is 2.97. The van der Waals surface area contributed by atoms with Gasteiger partial charge in [-0.3, -0.25) is 9.69 Å². The van der Waals surface area contributed by atoms with Gasteiger partial charge in [0.1, 0.15) is 11.4 Å². The molecule has 0 spiro atoms. The highest BCUT2D eigenvalue weighted by atomic mass is 79.9. The minimum Gasteiger partial charge on any atom is -0.467 e. The third kappa shape index (κ3) is 3.62. The molecule has 6 nitrogen and oxygen atoms in total. The van der Waals surface area contributed by atoms with E-state index < -0.39 is 0 Å². The van der Waals surface area contributed by atoms with Crippen molar-refractivity contribution in [2.24, 2.45) is 0 Å². The summed E-state index contributed by atoms with van der Waals surface area (Å²) in [5, 5.41) is 2.97. The molecule has 1 atom stereocenters. The molecule has 4 rings (SSSR count). The standard InChI is InChI=1S/C18H19BrN4O2/c19-13-5-6-17-21-14(12-23(17)10-13)11-22-7-1-4-16(22)18(24)20-9-15-3-2-8-25-15/h2-3,5-6,8,10,12,16H,1,4,7,9,11H2,(H,20,24). The number of furan rings is 1. The second-order valence-corrected chi connectivity index (χ2v) is 7.19. The van der Waals surface area contributed by atoms with E-state index in [2.05, 4.69) is 31.1 Å². The van der Waals surface area contributed by atoms with Crippen LogP contribution in [-0.4, -0.2) is 32.8 Å². The van der Waals surface area contributed by atoms with Crippen LogP contribution < -0.4 is 5.32 Å². The number of hydrogen-bond donors (Lipinski definition) is 1. The third-order valence-corrected chi connectivity index (χ3v) is 4.98. The number of nitrogens with one attached hydrogen (secondary N) is 1. The monoisotopic (exact) mass is 402 g/mol. The van der Waals surface area contributed by atoms with E-state index in [9.17, 15) is 4.79 Å². The maximum atomic E-state index is 12.5. The third-order valence-electron chi connectivity index (χ3n) is 4.51. The van der Waals surface area contributed by atoms with Gasteiger partial charge in [0.15, 0.2) is 0 Å². The molecule has 25 heavy (non-hydrogen) atoms. The van der Waals surface area contributed by atoms with Gasteiger partial charge in [0.05, 0.1) is 24.5 Å². The lowest BCUT2D eigenvalue weighted by atomic mass is 10.2. The lowest BCUT2D eigenvalue weighted by Gasteiger charge is -2.22. The van der Waals surface area contributed by atoms with Crippen molar-refractivity contribution in [1.29, 1.82) is 0 Å². The summed E-state index contributed by atoms with van der Waals surface area (Å²) in [6.07, 6.45) is 7.53. The number of hydrogen-bond acceptors (Lipinski definition) is 4. The highest BCUT2D eigenvalue weighted by Crippen LogP contribution is 2.21. The first kappa shape index (κ1) is 16.4. The Hall–Kier alpha value is -2.12. The molecule has 0 aromatic carbocycles. The van der Waals surface area contributed by atoms with Crippen LogP contribution in [0.3, 0.4) is 0 Å². The average molecular weight is 403 g/mol. The summed E-state index contributed by atoms with van der Waals surface area (Å²) in [6, 6.07) is 7.54. The normalized spacial score (nSPS) is 18.0. The van der Waals surface area contributed by atoms with Crippen LogP contribution in [-0.2, 0) is 17.9 Å². The van der Waals surface area contributed by atoms with E-state index >= 15 is 0 Å². The second kappa shape index (κ2) is 7.01. The number of rotatable bonds is 5. The number of halogens is 1. The molecule has 4 heterocycles. The topological polar surface area (TPSA) is 62.8 Å². The average Bonchev–Trinajstić information content (AvgIpc) is 3.33. The molecule has 1 amide bonds. The van der Waals surface area contributed by atoms with Gasteiger partial charge in [0.25, 0.3) is 0 Å². The van der Waals surface area contributed by atoms with Crippen molar-refractivity contribution in [1.82, 2.24) is 19.6 Å². The van der Waals surface area contributed by atoms with Crippen molar-refractivity contribution in [3.63, 3.8) is 0 Å². The summed E-state index contributed by atoms with van der Waals surface area (Å²) in [7, 11) is 0. The molecule has 1 aliphatic heterocycles. The van der Waals surface area contributed by atoms with E-state index in [0.717, 1.165) is 41.0 Å². The molecule has 0 saturated carbocycles. The molecule has 1 fully saturated rings. The van der Waals surface area contributed by atoms with Crippen LogP contribution >= 0.6 is 15.9 Å². The maximum absolute atomic E-state index is 12.5. The lowest BCUT2D eigenvalue weighted by Crippen LogP contribution is -2.42. The molecule has 7 heteroatoms. The minimum absolute atomic E-state index is 0.0559. The summed E-state index contributed by atoms with van der Waals surface area (Å²) in [6.45, 7) is 2.02. The van der Waals surface area contributed by atoms with Crippen LogP contribution in [0.1, 0.15) is 24.3 Å². The fourth-order valence-corrected chi connectivity index (χ4v) is 3.67. The second-order valence-electron chi connectivity index (χ2n) is 6.27. The van der Waals surface area contributed by atoms with Gasteiger partial charge in [-0.1, -0.05) is 0 Å². The first-order valence-electron chi connectivity index (χ1n) is 8.36. The smallest absolute Gasteiger partial charge is 0.237 e. The fourth-order valence-electron chi connectivity index (χ4n) is 3.32. The van der Waals surface area contributed by atoms with Crippen LogP contribution in [0.25, 0.3) is 5.65 Å². The van der Waals surface area contributed by atoms with E-state index in [0.29, 0.717) is 13.1 Å². The van der Waals surface area contributed by atoms with Crippen molar-refractivity contribution in [2.75, 3.05) is 6.54 Å². The zero-order chi connectivity index (χ0) is 17.2.